The first-order valence-corrected chi connectivity index (χ1v) is 10.5. The molecule has 2 aliphatic rings. The van der Waals surface area contributed by atoms with Gasteiger partial charge >= 0.3 is 0 Å². The zero-order valence-corrected chi connectivity index (χ0v) is 16.5. The second kappa shape index (κ2) is 11.5. The first kappa shape index (κ1) is 21.2. The quantitative estimate of drug-likeness (QED) is 0.454. The number of rotatable bonds is 8. The van der Waals surface area contributed by atoms with Crippen molar-refractivity contribution >= 4 is 11.9 Å². The summed E-state index contributed by atoms with van der Waals surface area (Å²) in [4.78, 5) is 18.4. The molecule has 2 fully saturated rings. The van der Waals surface area contributed by atoms with Gasteiger partial charge in [0.2, 0.25) is 5.91 Å². The third-order valence-corrected chi connectivity index (χ3v) is 6.05. The molecule has 0 radical (unpaired) electrons. The average molecular weight is 367 g/mol. The van der Waals surface area contributed by atoms with Gasteiger partial charge in [-0.25, -0.2) is 0 Å². The molecule has 2 rings (SSSR count). The number of carbonyl (C=O) groups excluding carboxylic acids is 1. The Kier molecular flexibility index (Phi) is 9.40. The van der Waals surface area contributed by atoms with Crippen LogP contribution in [0.15, 0.2) is 4.99 Å². The van der Waals surface area contributed by atoms with Crippen LogP contribution >= 0.6 is 0 Å². The summed E-state index contributed by atoms with van der Waals surface area (Å²) in [6.07, 6.45) is 12.6. The molecule has 2 saturated carbocycles. The maximum atomic E-state index is 12.4. The van der Waals surface area contributed by atoms with Gasteiger partial charge in [0.15, 0.2) is 5.96 Å². The lowest BCUT2D eigenvalue weighted by molar-refractivity contribution is -0.126. The lowest BCUT2D eigenvalue weighted by Gasteiger charge is -2.29. The molecule has 0 aromatic heterocycles. The van der Waals surface area contributed by atoms with E-state index in [4.69, 9.17) is 10.8 Å². The number of nitrogens with one attached hydrogen (secondary N) is 1. The largest absolute Gasteiger partial charge is 0.395 e. The van der Waals surface area contributed by atoms with E-state index < -0.39 is 0 Å². The molecule has 1 amide bonds. The molecular formula is C20H38N4O2. The van der Waals surface area contributed by atoms with Crippen molar-refractivity contribution in [1.82, 2.24) is 10.2 Å². The summed E-state index contributed by atoms with van der Waals surface area (Å²) in [7, 11) is 1.74. The van der Waals surface area contributed by atoms with E-state index in [0.29, 0.717) is 43.3 Å². The van der Waals surface area contributed by atoms with E-state index in [9.17, 15) is 4.79 Å². The number of aliphatic imine (C=N–C) groups is 1. The highest BCUT2D eigenvalue weighted by molar-refractivity contribution is 5.95. The van der Waals surface area contributed by atoms with Crippen LogP contribution in [0.2, 0.25) is 0 Å². The predicted octanol–water partition coefficient (Wildman–Crippen LogP) is 2.26. The smallest absolute Gasteiger partial charge is 0.229 e. The Morgan fingerprint density at radius 1 is 1.15 bits per heavy atom. The minimum Gasteiger partial charge on any atom is -0.395 e. The molecule has 150 valence electrons. The molecule has 0 saturated heterocycles. The van der Waals surface area contributed by atoms with Crippen molar-refractivity contribution in [3.05, 3.63) is 0 Å². The number of nitrogens with two attached hydrogens (primary N) is 1. The molecule has 0 spiro atoms. The van der Waals surface area contributed by atoms with Gasteiger partial charge in [0.1, 0.15) is 0 Å². The minimum absolute atomic E-state index is 0.0861. The molecule has 26 heavy (non-hydrogen) atoms. The fraction of sp³-hybridized carbons (Fsp3) is 0.900. The Morgan fingerprint density at radius 2 is 1.88 bits per heavy atom. The van der Waals surface area contributed by atoms with Crippen molar-refractivity contribution in [3.8, 4) is 0 Å². The van der Waals surface area contributed by atoms with Crippen LogP contribution in [0.4, 0.5) is 0 Å². The summed E-state index contributed by atoms with van der Waals surface area (Å²) in [5.74, 6) is 1.65. The number of carbonyl (C=O) groups is 1. The van der Waals surface area contributed by atoms with Crippen LogP contribution in [-0.4, -0.2) is 54.7 Å². The second-order valence-corrected chi connectivity index (χ2v) is 8.10. The average Bonchev–Trinajstić information content (AvgIpc) is 2.69. The molecule has 2 aliphatic carbocycles. The van der Waals surface area contributed by atoms with E-state index in [1.165, 1.54) is 43.4 Å². The number of hydrogen-bond acceptors (Lipinski definition) is 4. The van der Waals surface area contributed by atoms with Crippen molar-refractivity contribution in [1.29, 1.82) is 0 Å². The molecular weight excluding hydrogens is 328 g/mol. The van der Waals surface area contributed by atoms with E-state index in [1.807, 2.05) is 0 Å². The van der Waals surface area contributed by atoms with Crippen molar-refractivity contribution in [2.45, 2.75) is 76.7 Å². The molecule has 0 unspecified atom stereocenters. The third kappa shape index (κ3) is 7.23. The summed E-state index contributed by atoms with van der Waals surface area (Å²) in [6, 6.07) is 0.465. The number of aliphatic hydroxyl groups is 1. The van der Waals surface area contributed by atoms with Crippen LogP contribution in [0, 0.1) is 11.8 Å². The van der Waals surface area contributed by atoms with Crippen molar-refractivity contribution < 1.29 is 9.90 Å². The van der Waals surface area contributed by atoms with Crippen LogP contribution in [-0.2, 0) is 4.79 Å². The van der Waals surface area contributed by atoms with E-state index in [2.05, 4.69) is 10.3 Å². The number of nitrogens with zero attached hydrogens (tertiary/aromatic N) is 2. The van der Waals surface area contributed by atoms with Gasteiger partial charge in [-0.05, 0) is 37.5 Å². The molecule has 6 nitrogen and oxygen atoms in total. The first-order chi connectivity index (χ1) is 12.6. The van der Waals surface area contributed by atoms with E-state index in [0.717, 1.165) is 25.7 Å². The van der Waals surface area contributed by atoms with Crippen LogP contribution in [0.1, 0.15) is 70.6 Å². The molecule has 0 heterocycles. The lowest BCUT2D eigenvalue weighted by atomic mass is 9.86. The van der Waals surface area contributed by atoms with E-state index in [-0.39, 0.29) is 12.5 Å². The van der Waals surface area contributed by atoms with Crippen molar-refractivity contribution in [2.24, 2.45) is 22.6 Å². The molecule has 4 N–H and O–H groups in total. The fourth-order valence-electron chi connectivity index (χ4n) is 4.34. The highest BCUT2D eigenvalue weighted by Gasteiger charge is 2.22. The topological polar surface area (TPSA) is 91.0 Å². The van der Waals surface area contributed by atoms with E-state index in [1.54, 1.807) is 7.05 Å². The van der Waals surface area contributed by atoms with Crippen LogP contribution < -0.4 is 11.1 Å². The number of hydrogen-bond donors (Lipinski definition) is 3. The molecule has 0 aromatic rings. The third-order valence-electron chi connectivity index (χ3n) is 6.05. The Bertz CT molecular complexity index is 449. The number of aliphatic hydroxyl groups excluding tert-OH is 1. The standard InChI is InChI=1S/C20H38N4O2/c1-24(19(26)11-10-16-6-3-2-4-7-16)20(21)23-15-17-8-5-9-18(14-17)22-12-13-25/h16-18,22,25H,2-15H2,1H3,(H2,21,23)/t17-,18-/m0/s1. The Balaban J connectivity index is 1.71. The van der Waals surface area contributed by atoms with Gasteiger partial charge in [0.05, 0.1) is 6.61 Å². The Hall–Kier alpha value is -1.14. The van der Waals surface area contributed by atoms with Crippen LogP contribution in [0.25, 0.3) is 0 Å². The van der Waals surface area contributed by atoms with Crippen molar-refractivity contribution in [3.63, 3.8) is 0 Å². The highest BCUT2D eigenvalue weighted by Crippen LogP contribution is 2.27. The van der Waals surface area contributed by atoms with Gasteiger partial charge in [-0.15, -0.1) is 0 Å². The molecule has 2 atom stereocenters. The van der Waals surface area contributed by atoms with E-state index >= 15 is 0 Å². The predicted molar refractivity (Wildman–Crippen MR) is 106 cm³/mol. The zero-order valence-electron chi connectivity index (χ0n) is 16.5. The van der Waals surface area contributed by atoms with Gasteiger partial charge in [-0.3, -0.25) is 14.7 Å². The van der Waals surface area contributed by atoms with Gasteiger partial charge in [0, 0.05) is 32.6 Å². The summed E-state index contributed by atoms with van der Waals surface area (Å²) >= 11 is 0. The molecule has 0 bridgehead atoms. The van der Waals surface area contributed by atoms with Crippen LogP contribution in [0.3, 0.4) is 0 Å². The number of amides is 1. The maximum Gasteiger partial charge on any atom is 0.229 e. The summed E-state index contributed by atoms with van der Waals surface area (Å²) in [6.45, 7) is 1.52. The molecule has 0 aromatic carbocycles. The van der Waals surface area contributed by atoms with Gasteiger partial charge in [-0.2, -0.15) is 0 Å². The summed E-state index contributed by atoms with van der Waals surface area (Å²) in [5, 5.41) is 12.3. The summed E-state index contributed by atoms with van der Waals surface area (Å²) < 4.78 is 0. The summed E-state index contributed by atoms with van der Waals surface area (Å²) in [5.41, 5.74) is 6.07. The molecule has 6 heteroatoms. The normalized spacial score (nSPS) is 25.2. The minimum atomic E-state index is 0.0861. The van der Waals surface area contributed by atoms with Gasteiger partial charge < -0.3 is 16.2 Å². The zero-order chi connectivity index (χ0) is 18.8. The molecule has 0 aliphatic heterocycles. The van der Waals surface area contributed by atoms with Crippen LogP contribution in [0.5, 0.6) is 0 Å². The number of guanidine groups is 1. The Morgan fingerprint density at radius 3 is 2.62 bits per heavy atom. The Labute approximate surface area is 158 Å². The van der Waals surface area contributed by atoms with Crippen molar-refractivity contribution in [2.75, 3.05) is 26.7 Å². The highest BCUT2D eigenvalue weighted by atomic mass is 16.3. The fourth-order valence-corrected chi connectivity index (χ4v) is 4.34. The van der Waals surface area contributed by atoms with Gasteiger partial charge in [-0.1, -0.05) is 38.5 Å². The second-order valence-electron chi connectivity index (χ2n) is 8.10. The SMILES string of the molecule is CN(C(=O)CCC1CCCCC1)C(N)=NC[C@H]1CCC[C@H](NCCO)C1. The lowest BCUT2D eigenvalue weighted by Crippen LogP contribution is -2.40. The monoisotopic (exact) mass is 366 g/mol. The maximum absolute atomic E-state index is 12.4. The first-order valence-electron chi connectivity index (χ1n) is 10.5. The van der Waals surface area contributed by atoms with Gasteiger partial charge in [0.25, 0.3) is 0 Å².